The molecule has 0 atom stereocenters. The first-order valence-corrected chi connectivity index (χ1v) is 7.06. The van der Waals surface area contributed by atoms with Crippen LogP contribution in [0.1, 0.15) is 5.56 Å². The molecule has 0 spiro atoms. The lowest BCUT2D eigenvalue weighted by atomic mass is 10.1. The number of likely N-dealkylation sites (N-methyl/N-ethyl adjacent to an activating group) is 1. The summed E-state index contributed by atoms with van der Waals surface area (Å²) < 4.78 is 0. The lowest BCUT2D eigenvalue weighted by Crippen LogP contribution is -2.44. The summed E-state index contributed by atoms with van der Waals surface area (Å²) in [5.41, 5.74) is 4.71. The Bertz CT molecular complexity index is 574. The van der Waals surface area contributed by atoms with E-state index in [4.69, 9.17) is 0 Å². The number of aromatic nitrogens is 2. The molecular weight excluding hydrogens is 248 g/mol. The first-order valence-electron chi connectivity index (χ1n) is 7.06. The van der Waals surface area contributed by atoms with Crippen LogP contribution in [0.15, 0.2) is 36.5 Å². The van der Waals surface area contributed by atoms with Crippen molar-refractivity contribution in [1.82, 2.24) is 15.1 Å². The van der Waals surface area contributed by atoms with Gasteiger partial charge in [-0.1, -0.05) is 12.1 Å². The molecule has 0 N–H and O–H groups in total. The molecule has 1 aliphatic rings. The molecule has 2 heterocycles. The van der Waals surface area contributed by atoms with Gasteiger partial charge in [0.2, 0.25) is 0 Å². The van der Waals surface area contributed by atoms with Crippen LogP contribution in [-0.2, 0) is 0 Å². The Morgan fingerprint density at radius 3 is 2.55 bits per heavy atom. The molecule has 3 rings (SSSR count). The molecule has 4 nitrogen and oxygen atoms in total. The van der Waals surface area contributed by atoms with Crippen molar-refractivity contribution in [2.24, 2.45) is 0 Å². The van der Waals surface area contributed by atoms with E-state index < -0.39 is 0 Å². The molecule has 1 saturated heterocycles. The van der Waals surface area contributed by atoms with Crippen molar-refractivity contribution in [2.75, 3.05) is 38.1 Å². The third-order valence-corrected chi connectivity index (χ3v) is 3.92. The van der Waals surface area contributed by atoms with Gasteiger partial charge in [0.05, 0.1) is 5.69 Å². The van der Waals surface area contributed by atoms with E-state index in [-0.39, 0.29) is 0 Å². The predicted molar refractivity (Wildman–Crippen MR) is 81.9 cm³/mol. The van der Waals surface area contributed by atoms with Crippen LogP contribution in [-0.4, -0.2) is 48.3 Å². The zero-order chi connectivity index (χ0) is 13.9. The number of anilines is 1. The van der Waals surface area contributed by atoms with Crippen molar-refractivity contribution in [2.45, 2.75) is 6.92 Å². The second kappa shape index (κ2) is 5.59. The lowest BCUT2D eigenvalue weighted by Gasteiger charge is -2.35. The third kappa shape index (κ3) is 2.65. The molecule has 1 aromatic heterocycles. The number of hydrogen-bond donors (Lipinski definition) is 0. The summed E-state index contributed by atoms with van der Waals surface area (Å²) in [7, 11) is 2.18. The second-order valence-electron chi connectivity index (χ2n) is 5.40. The van der Waals surface area contributed by atoms with Gasteiger partial charge in [-0.3, -0.25) is 0 Å². The van der Waals surface area contributed by atoms with Crippen LogP contribution in [0.2, 0.25) is 0 Å². The fourth-order valence-corrected chi connectivity index (χ4v) is 2.61. The summed E-state index contributed by atoms with van der Waals surface area (Å²) in [5, 5.41) is 8.17. The van der Waals surface area contributed by atoms with Gasteiger partial charge in [-0.05, 0) is 37.7 Å². The van der Waals surface area contributed by atoms with Gasteiger partial charge < -0.3 is 9.80 Å². The summed E-state index contributed by atoms with van der Waals surface area (Å²) in [4.78, 5) is 4.84. The topological polar surface area (TPSA) is 32.3 Å². The van der Waals surface area contributed by atoms with Crippen molar-refractivity contribution < 1.29 is 0 Å². The Kier molecular flexibility index (Phi) is 3.65. The van der Waals surface area contributed by atoms with E-state index in [1.165, 1.54) is 11.3 Å². The average molecular weight is 268 g/mol. The number of piperazine rings is 1. The molecule has 1 fully saturated rings. The smallest absolute Gasteiger partial charge is 0.0930 e. The lowest BCUT2D eigenvalue weighted by molar-refractivity contribution is 0.312. The molecule has 0 bridgehead atoms. The van der Waals surface area contributed by atoms with Crippen LogP contribution in [0.25, 0.3) is 11.3 Å². The normalized spacial score (nSPS) is 16.4. The molecule has 1 aliphatic heterocycles. The van der Waals surface area contributed by atoms with Gasteiger partial charge in [0.25, 0.3) is 0 Å². The molecule has 0 amide bonds. The molecule has 0 unspecified atom stereocenters. The quantitative estimate of drug-likeness (QED) is 0.836. The standard InChI is InChI=1S/C16H20N4/c1-13-5-6-14(15-4-3-7-17-18-15)12-16(13)20-10-8-19(2)9-11-20/h3-7,12H,8-11H2,1-2H3. The van der Waals surface area contributed by atoms with Crippen LogP contribution in [0.5, 0.6) is 0 Å². The minimum absolute atomic E-state index is 0.933. The van der Waals surface area contributed by atoms with Crippen molar-refractivity contribution >= 4 is 5.69 Å². The number of rotatable bonds is 2. The maximum Gasteiger partial charge on any atom is 0.0930 e. The maximum absolute atomic E-state index is 4.20. The SMILES string of the molecule is Cc1ccc(-c2cccnn2)cc1N1CCN(C)CC1. The fraction of sp³-hybridized carbons (Fsp3) is 0.375. The molecule has 4 heteroatoms. The van der Waals surface area contributed by atoms with Gasteiger partial charge in [0, 0.05) is 43.6 Å². The van der Waals surface area contributed by atoms with Crippen molar-refractivity contribution in [3.05, 3.63) is 42.1 Å². The van der Waals surface area contributed by atoms with Gasteiger partial charge >= 0.3 is 0 Å². The summed E-state index contributed by atoms with van der Waals surface area (Å²) in [5.74, 6) is 0. The van der Waals surface area contributed by atoms with Crippen molar-refractivity contribution in [3.8, 4) is 11.3 Å². The largest absolute Gasteiger partial charge is 0.369 e. The van der Waals surface area contributed by atoms with Gasteiger partial charge in [-0.15, -0.1) is 0 Å². The molecule has 0 saturated carbocycles. The Morgan fingerprint density at radius 2 is 1.85 bits per heavy atom. The summed E-state index contributed by atoms with van der Waals surface area (Å²) in [6, 6.07) is 10.5. The van der Waals surface area contributed by atoms with Crippen molar-refractivity contribution in [1.29, 1.82) is 0 Å². The van der Waals surface area contributed by atoms with Gasteiger partial charge in [0.1, 0.15) is 0 Å². The number of aryl methyl sites for hydroxylation is 1. The number of benzene rings is 1. The summed E-state index contributed by atoms with van der Waals surface area (Å²) in [6.07, 6.45) is 1.71. The fourth-order valence-electron chi connectivity index (χ4n) is 2.61. The van der Waals surface area contributed by atoms with Gasteiger partial charge in [-0.25, -0.2) is 0 Å². The zero-order valence-electron chi connectivity index (χ0n) is 12.1. The minimum Gasteiger partial charge on any atom is -0.369 e. The van der Waals surface area contributed by atoms with Gasteiger partial charge in [0.15, 0.2) is 0 Å². The maximum atomic E-state index is 4.20. The Labute approximate surface area is 120 Å². The van der Waals surface area contributed by atoms with Gasteiger partial charge in [-0.2, -0.15) is 10.2 Å². The van der Waals surface area contributed by atoms with E-state index >= 15 is 0 Å². The molecule has 1 aromatic carbocycles. The highest BCUT2D eigenvalue weighted by Crippen LogP contribution is 2.27. The third-order valence-electron chi connectivity index (χ3n) is 3.92. The van der Waals surface area contributed by atoms with Crippen LogP contribution in [0.3, 0.4) is 0 Å². The van der Waals surface area contributed by atoms with E-state index in [0.29, 0.717) is 0 Å². The first kappa shape index (κ1) is 13.1. The highest BCUT2D eigenvalue weighted by Gasteiger charge is 2.16. The molecule has 104 valence electrons. The van der Waals surface area contributed by atoms with Crippen LogP contribution in [0, 0.1) is 6.92 Å². The highest BCUT2D eigenvalue weighted by atomic mass is 15.2. The minimum atomic E-state index is 0.933. The summed E-state index contributed by atoms with van der Waals surface area (Å²) >= 11 is 0. The Morgan fingerprint density at radius 1 is 1.05 bits per heavy atom. The molecule has 0 aliphatic carbocycles. The number of nitrogens with zero attached hydrogens (tertiary/aromatic N) is 4. The number of hydrogen-bond acceptors (Lipinski definition) is 4. The first-order chi connectivity index (χ1) is 9.74. The van der Waals surface area contributed by atoms with Crippen LogP contribution in [0.4, 0.5) is 5.69 Å². The van der Waals surface area contributed by atoms with E-state index in [9.17, 15) is 0 Å². The van der Waals surface area contributed by atoms with E-state index in [1.54, 1.807) is 6.20 Å². The molecule has 20 heavy (non-hydrogen) atoms. The van der Waals surface area contributed by atoms with E-state index in [2.05, 4.69) is 52.2 Å². The van der Waals surface area contributed by atoms with E-state index in [0.717, 1.165) is 37.4 Å². The monoisotopic (exact) mass is 268 g/mol. The second-order valence-corrected chi connectivity index (χ2v) is 5.40. The average Bonchev–Trinajstić information content (AvgIpc) is 2.50. The highest BCUT2D eigenvalue weighted by molar-refractivity contribution is 5.68. The molecular formula is C16H20N4. The summed E-state index contributed by atoms with van der Waals surface area (Å²) in [6.45, 7) is 6.58. The van der Waals surface area contributed by atoms with E-state index in [1.807, 2.05) is 12.1 Å². The van der Waals surface area contributed by atoms with Crippen LogP contribution < -0.4 is 4.90 Å². The predicted octanol–water partition coefficient (Wildman–Crippen LogP) is 2.20. The Balaban J connectivity index is 1.91. The Hall–Kier alpha value is -1.94. The van der Waals surface area contributed by atoms with Crippen LogP contribution >= 0.6 is 0 Å². The molecule has 0 radical (unpaired) electrons. The zero-order valence-corrected chi connectivity index (χ0v) is 12.1. The molecule has 2 aromatic rings. The van der Waals surface area contributed by atoms with Crippen molar-refractivity contribution in [3.63, 3.8) is 0 Å².